The first kappa shape index (κ1) is 16.9. The number of hydrogen-bond acceptors (Lipinski definition) is 3. The second kappa shape index (κ2) is 7.60. The predicted octanol–water partition coefficient (Wildman–Crippen LogP) is 3.72. The molecule has 20 heavy (non-hydrogen) atoms. The minimum absolute atomic E-state index is 0.175. The van der Waals surface area contributed by atoms with Crippen molar-refractivity contribution in [3.8, 4) is 0 Å². The molecule has 0 aliphatic carbocycles. The highest BCUT2D eigenvalue weighted by atomic mass is 35.5. The zero-order valence-corrected chi connectivity index (χ0v) is 13.0. The molecular formula is C15H21ClFNO2. The highest BCUT2D eigenvalue weighted by Gasteiger charge is 2.23. The SMILES string of the molecule is COC(=O)C(CC(C)C)NC(C)c1ccc(F)cc1Cl. The summed E-state index contributed by atoms with van der Waals surface area (Å²) in [7, 11) is 1.37. The van der Waals surface area contributed by atoms with Crippen LogP contribution in [0.15, 0.2) is 18.2 Å². The lowest BCUT2D eigenvalue weighted by atomic mass is 10.0. The van der Waals surface area contributed by atoms with Gasteiger partial charge in [-0.3, -0.25) is 10.1 Å². The molecule has 0 amide bonds. The van der Waals surface area contributed by atoms with E-state index in [2.05, 4.69) is 5.32 Å². The lowest BCUT2D eigenvalue weighted by Crippen LogP contribution is -2.40. The van der Waals surface area contributed by atoms with Gasteiger partial charge in [0.05, 0.1) is 7.11 Å². The van der Waals surface area contributed by atoms with Crippen LogP contribution in [-0.4, -0.2) is 19.1 Å². The van der Waals surface area contributed by atoms with Crippen molar-refractivity contribution in [1.82, 2.24) is 5.32 Å². The summed E-state index contributed by atoms with van der Waals surface area (Å²) in [6, 6.07) is 3.67. The number of carbonyl (C=O) groups excluding carboxylic acids is 1. The Bertz CT molecular complexity index is 465. The molecule has 0 saturated carbocycles. The maximum atomic E-state index is 13.0. The fourth-order valence-electron chi connectivity index (χ4n) is 2.09. The van der Waals surface area contributed by atoms with Crippen LogP contribution < -0.4 is 5.32 Å². The van der Waals surface area contributed by atoms with Gasteiger partial charge in [0, 0.05) is 11.1 Å². The van der Waals surface area contributed by atoms with Gasteiger partial charge in [-0.05, 0) is 37.0 Å². The minimum Gasteiger partial charge on any atom is -0.468 e. The number of ether oxygens (including phenoxy) is 1. The lowest BCUT2D eigenvalue weighted by Gasteiger charge is -2.23. The molecule has 3 nitrogen and oxygen atoms in total. The van der Waals surface area contributed by atoms with Gasteiger partial charge in [-0.25, -0.2) is 4.39 Å². The Morgan fingerprint density at radius 3 is 2.55 bits per heavy atom. The van der Waals surface area contributed by atoms with Crippen LogP contribution in [0, 0.1) is 11.7 Å². The number of halogens is 2. The van der Waals surface area contributed by atoms with Gasteiger partial charge in [0.15, 0.2) is 0 Å². The zero-order valence-electron chi connectivity index (χ0n) is 12.2. The van der Waals surface area contributed by atoms with Crippen LogP contribution in [0.1, 0.15) is 38.8 Å². The molecule has 1 aromatic carbocycles. The molecule has 2 unspecified atom stereocenters. The van der Waals surface area contributed by atoms with Crippen molar-refractivity contribution in [3.05, 3.63) is 34.6 Å². The van der Waals surface area contributed by atoms with E-state index in [1.165, 1.54) is 19.2 Å². The van der Waals surface area contributed by atoms with Crippen molar-refractivity contribution in [2.24, 2.45) is 5.92 Å². The smallest absolute Gasteiger partial charge is 0.322 e. The molecule has 5 heteroatoms. The largest absolute Gasteiger partial charge is 0.468 e. The van der Waals surface area contributed by atoms with E-state index in [0.717, 1.165) is 5.56 Å². The number of carbonyl (C=O) groups is 1. The van der Waals surface area contributed by atoms with E-state index >= 15 is 0 Å². The maximum Gasteiger partial charge on any atom is 0.322 e. The van der Waals surface area contributed by atoms with Crippen molar-refractivity contribution in [2.45, 2.75) is 39.3 Å². The van der Waals surface area contributed by atoms with Crippen LogP contribution in [0.3, 0.4) is 0 Å². The first-order valence-electron chi connectivity index (χ1n) is 6.64. The van der Waals surface area contributed by atoms with Crippen molar-refractivity contribution in [3.63, 3.8) is 0 Å². The van der Waals surface area contributed by atoms with E-state index in [1.807, 2.05) is 20.8 Å². The molecule has 1 aromatic rings. The number of hydrogen-bond donors (Lipinski definition) is 1. The Labute approximate surface area is 124 Å². The van der Waals surface area contributed by atoms with Crippen molar-refractivity contribution < 1.29 is 13.9 Å². The molecule has 1 N–H and O–H groups in total. The molecule has 0 heterocycles. The third kappa shape index (κ3) is 4.76. The standard InChI is InChI=1S/C15H21ClFNO2/c1-9(2)7-14(15(19)20-4)18-10(3)12-6-5-11(17)8-13(12)16/h5-6,8-10,14,18H,7H2,1-4H3. The summed E-state index contributed by atoms with van der Waals surface area (Å²) >= 11 is 6.03. The van der Waals surface area contributed by atoms with Gasteiger partial charge in [-0.1, -0.05) is 31.5 Å². The highest BCUT2D eigenvalue weighted by Crippen LogP contribution is 2.24. The molecule has 0 aromatic heterocycles. The third-order valence-electron chi connectivity index (χ3n) is 3.07. The Hall–Kier alpha value is -1.13. The second-order valence-electron chi connectivity index (χ2n) is 5.26. The third-order valence-corrected chi connectivity index (χ3v) is 3.40. The molecule has 0 spiro atoms. The van der Waals surface area contributed by atoms with E-state index in [9.17, 15) is 9.18 Å². The highest BCUT2D eigenvalue weighted by molar-refractivity contribution is 6.31. The van der Waals surface area contributed by atoms with Crippen LogP contribution in [0.25, 0.3) is 0 Å². The molecule has 0 bridgehead atoms. The van der Waals surface area contributed by atoms with E-state index in [-0.39, 0.29) is 17.8 Å². The molecule has 2 atom stereocenters. The molecule has 0 aliphatic heterocycles. The molecule has 0 fully saturated rings. The Kier molecular flexibility index (Phi) is 6.43. The van der Waals surface area contributed by atoms with E-state index in [1.54, 1.807) is 6.07 Å². The Morgan fingerprint density at radius 2 is 2.05 bits per heavy atom. The van der Waals surface area contributed by atoms with E-state index in [4.69, 9.17) is 16.3 Å². The van der Waals surface area contributed by atoms with Crippen molar-refractivity contribution in [1.29, 1.82) is 0 Å². The number of methoxy groups -OCH3 is 1. The van der Waals surface area contributed by atoms with Gasteiger partial charge in [-0.15, -0.1) is 0 Å². The molecular weight excluding hydrogens is 281 g/mol. The molecule has 0 saturated heterocycles. The average Bonchev–Trinajstić information content (AvgIpc) is 2.36. The number of rotatable bonds is 6. The Morgan fingerprint density at radius 1 is 1.40 bits per heavy atom. The number of esters is 1. The minimum atomic E-state index is -0.406. The first-order chi connectivity index (χ1) is 9.35. The van der Waals surface area contributed by atoms with Crippen LogP contribution in [-0.2, 0) is 9.53 Å². The topological polar surface area (TPSA) is 38.3 Å². The lowest BCUT2D eigenvalue weighted by molar-refractivity contribution is -0.143. The van der Waals surface area contributed by atoms with Gasteiger partial charge in [0.25, 0.3) is 0 Å². The Balaban J connectivity index is 2.84. The number of benzene rings is 1. The van der Waals surface area contributed by atoms with E-state index < -0.39 is 6.04 Å². The second-order valence-corrected chi connectivity index (χ2v) is 5.67. The number of nitrogens with one attached hydrogen (secondary N) is 1. The van der Waals surface area contributed by atoms with Gasteiger partial charge in [0.2, 0.25) is 0 Å². The summed E-state index contributed by atoms with van der Waals surface area (Å²) in [5.74, 6) is -0.330. The monoisotopic (exact) mass is 301 g/mol. The summed E-state index contributed by atoms with van der Waals surface area (Å²) < 4.78 is 17.9. The normalized spacial score (nSPS) is 14.2. The summed E-state index contributed by atoms with van der Waals surface area (Å²) in [5.41, 5.74) is 0.755. The summed E-state index contributed by atoms with van der Waals surface area (Å²) in [5, 5.41) is 3.54. The summed E-state index contributed by atoms with van der Waals surface area (Å²) in [4.78, 5) is 11.8. The molecule has 0 radical (unpaired) electrons. The average molecular weight is 302 g/mol. The van der Waals surface area contributed by atoms with Crippen LogP contribution in [0.5, 0.6) is 0 Å². The first-order valence-corrected chi connectivity index (χ1v) is 7.01. The molecule has 0 aliphatic rings. The quantitative estimate of drug-likeness (QED) is 0.814. The summed E-state index contributed by atoms with van der Waals surface area (Å²) in [6.45, 7) is 5.95. The summed E-state index contributed by atoms with van der Waals surface area (Å²) in [6.07, 6.45) is 0.663. The zero-order chi connectivity index (χ0) is 15.3. The molecule has 1 rings (SSSR count). The fourth-order valence-corrected chi connectivity index (χ4v) is 2.42. The maximum absolute atomic E-state index is 13.0. The van der Waals surface area contributed by atoms with Gasteiger partial charge >= 0.3 is 5.97 Å². The van der Waals surface area contributed by atoms with Crippen molar-refractivity contribution >= 4 is 17.6 Å². The van der Waals surface area contributed by atoms with Gasteiger partial charge in [0.1, 0.15) is 11.9 Å². The fraction of sp³-hybridized carbons (Fsp3) is 0.533. The van der Waals surface area contributed by atoms with Gasteiger partial charge < -0.3 is 4.74 Å². The van der Waals surface area contributed by atoms with E-state index in [0.29, 0.717) is 17.4 Å². The predicted molar refractivity (Wildman–Crippen MR) is 78.2 cm³/mol. The molecule has 112 valence electrons. The van der Waals surface area contributed by atoms with Gasteiger partial charge in [-0.2, -0.15) is 0 Å². The van der Waals surface area contributed by atoms with Crippen LogP contribution in [0.4, 0.5) is 4.39 Å². The van der Waals surface area contributed by atoms with Crippen molar-refractivity contribution in [2.75, 3.05) is 7.11 Å². The van der Waals surface area contributed by atoms with Crippen LogP contribution in [0.2, 0.25) is 5.02 Å². The van der Waals surface area contributed by atoms with Crippen LogP contribution >= 0.6 is 11.6 Å².